The second-order valence-electron chi connectivity index (χ2n) is 7.03. The van der Waals surface area contributed by atoms with Crippen molar-refractivity contribution in [2.75, 3.05) is 7.05 Å². The molecule has 0 saturated heterocycles. The number of benzene rings is 1. The molecule has 0 fully saturated rings. The SMILES string of the molecule is Cc1nn(C)c(C)c1CCC(=O)N(C)C(C)c1cc(-c2ccccc2)n[nH]1. The normalized spacial score (nSPS) is 12.2. The zero-order chi connectivity index (χ0) is 19.6. The van der Waals surface area contributed by atoms with Crippen LogP contribution in [0.4, 0.5) is 0 Å². The van der Waals surface area contributed by atoms with Crippen LogP contribution in [0.25, 0.3) is 11.3 Å². The van der Waals surface area contributed by atoms with Gasteiger partial charge in [0.2, 0.25) is 5.91 Å². The van der Waals surface area contributed by atoms with Gasteiger partial charge >= 0.3 is 0 Å². The predicted octanol–water partition coefficient (Wildman–Crippen LogP) is 3.58. The minimum absolute atomic E-state index is 0.0708. The summed E-state index contributed by atoms with van der Waals surface area (Å²) < 4.78 is 1.87. The Morgan fingerprint density at radius 1 is 1.26 bits per heavy atom. The predicted molar refractivity (Wildman–Crippen MR) is 106 cm³/mol. The Morgan fingerprint density at radius 2 is 1.96 bits per heavy atom. The molecule has 6 heteroatoms. The van der Waals surface area contributed by atoms with Gasteiger partial charge in [0.1, 0.15) is 0 Å². The van der Waals surface area contributed by atoms with Crippen molar-refractivity contribution in [1.29, 1.82) is 0 Å². The van der Waals surface area contributed by atoms with Crippen molar-refractivity contribution in [1.82, 2.24) is 24.9 Å². The first-order valence-corrected chi connectivity index (χ1v) is 9.24. The van der Waals surface area contributed by atoms with Gasteiger partial charge in [-0.1, -0.05) is 30.3 Å². The monoisotopic (exact) mass is 365 g/mol. The molecule has 1 aromatic carbocycles. The maximum absolute atomic E-state index is 12.7. The van der Waals surface area contributed by atoms with Gasteiger partial charge in [-0.3, -0.25) is 14.6 Å². The second kappa shape index (κ2) is 7.78. The third-order valence-electron chi connectivity index (χ3n) is 5.34. The van der Waals surface area contributed by atoms with Crippen LogP contribution >= 0.6 is 0 Å². The lowest BCUT2D eigenvalue weighted by molar-refractivity contribution is -0.131. The molecule has 2 heterocycles. The van der Waals surface area contributed by atoms with Crippen LogP contribution in [0.1, 0.15) is 42.0 Å². The van der Waals surface area contributed by atoms with Crippen LogP contribution in [0.2, 0.25) is 0 Å². The molecule has 0 aliphatic carbocycles. The minimum Gasteiger partial charge on any atom is -0.337 e. The van der Waals surface area contributed by atoms with Crippen LogP contribution in [0.3, 0.4) is 0 Å². The molecule has 0 bridgehead atoms. The van der Waals surface area contributed by atoms with Crippen molar-refractivity contribution >= 4 is 5.91 Å². The standard InChI is InChI=1S/C21H27N5O/c1-14-18(15(2)26(5)24-14)11-12-21(27)25(4)16(3)19-13-20(23-22-19)17-9-7-6-8-10-17/h6-10,13,16H,11-12H2,1-5H3,(H,22,23). The van der Waals surface area contributed by atoms with Crippen LogP contribution in [-0.4, -0.2) is 37.8 Å². The van der Waals surface area contributed by atoms with E-state index in [1.54, 1.807) is 4.90 Å². The number of hydrogen-bond donors (Lipinski definition) is 1. The molecule has 3 rings (SSSR count). The zero-order valence-electron chi connectivity index (χ0n) is 16.7. The van der Waals surface area contributed by atoms with E-state index < -0.39 is 0 Å². The van der Waals surface area contributed by atoms with Gasteiger partial charge in [0.05, 0.1) is 23.1 Å². The topological polar surface area (TPSA) is 66.8 Å². The highest BCUT2D eigenvalue weighted by Crippen LogP contribution is 2.24. The van der Waals surface area contributed by atoms with E-state index in [1.807, 2.05) is 75.9 Å². The van der Waals surface area contributed by atoms with Gasteiger partial charge in [-0.2, -0.15) is 10.2 Å². The van der Waals surface area contributed by atoms with Crippen molar-refractivity contribution in [3.63, 3.8) is 0 Å². The Balaban J connectivity index is 1.65. The quantitative estimate of drug-likeness (QED) is 0.726. The number of aromatic amines is 1. The van der Waals surface area contributed by atoms with Crippen LogP contribution in [0, 0.1) is 13.8 Å². The molecule has 6 nitrogen and oxygen atoms in total. The van der Waals surface area contributed by atoms with E-state index in [4.69, 9.17) is 0 Å². The van der Waals surface area contributed by atoms with Crippen LogP contribution in [-0.2, 0) is 18.3 Å². The van der Waals surface area contributed by atoms with E-state index in [1.165, 1.54) is 5.56 Å². The highest BCUT2D eigenvalue weighted by atomic mass is 16.2. The lowest BCUT2D eigenvalue weighted by Crippen LogP contribution is -2.30. The van der Waals surface area contributed by atoms with Crippen molar-refractivity contribution in [2.24, 2.45) is 7.05 Å². The largest absolute Gasteiger partial charge is 0.337 e. The number of nitrogens with one attached hydrogen (secondary N) is 1. The van der Waals surface area contributed by atoms with Gasteiger partial charge in [0, 0.05) is 31.8 Å². The summed E-state index contributed by atoms with van der Waals surface area (Å²) in [5, 5.41) is 11.9. The van der Waals surface area contributed by atoms with Gasteiger partial charge in [-0.15, -0.1) is 0 Å². The molecule has 27 heavy (non-hydrogen) atoms. The van der Waals surface area contributed by atoms with Crippen molar-refractivity contribution in [2.45, 2.75) is 39.7 Å². The van der Waals surface area contributed by atoms with E-state index in [0.717, 1.165) is 28.3 Å². The summed E-state index contributed by atoms with van der Waals surface area (Å²) >= 11 is 0. The van der Waals surface area contributed by atoms with E-state index in [9.17, 15) is 4.79 Å². The molecular formula is C21H27N5O. The Hall–Kier alpha value is -2.89. The lowest BCUT2D eigenvalue weighted by Gasteiger charge is -2.24. The first-order valence-electron chi connectivity index (χ1n) is 9.24. The van der Waals surface area contributed by atoms with Crippen molar-refractivity contribution in [3.05, 3.63) is 59.0 Å². The fraction of sp³-hybridized carbons (Fsp3) is 0.381. The molecule has 0 saturated carbocycles. The number of carbonyl (C=O) groups is 1. The second-order valence-corrected chi connectivity index (χ2v) is 7.03. The summed E-state index contributed by atoms with van der Waals surface area (Å²) in [5.41, 5.74) is 6.17. The summed E-state index contributed by atoms with van der Waals surface area (Å²) in [6.07, 6.45) is 1.17. The fourth-order valence-electron chi connectivity index (χ4n) is 3.32. The Kier molecular flexibility index (Phi) is 5.44. The fourth-order valence-corrected chi connectivity index (χ4v) is 3.32. The smallest absolute Gasteiger partial charge is 0.223 e. The number of aromatic nitrogens is 4. The molecular weight excluding hydrogens is 338 g/mol. The van der Waals surface area contributed by atoms with Crippen LogP contribution in [0.15, 0.2) is 36.4 Å². The molecule has 142 valence electrons. The molecule has 0 aliphatic rings. The summed E-state index contributed by atoms with van der Waals surface area (Å²) in [4.78, 5) is 14.5. The number of amides is 1. The molecule has 1 atom stereocenters. The third-order valence-corrected chi connectivity index (χ3v) is 5.34. The number of nitrogens with zero attached hydrogens (tertiary/aromatic N) is 4. The maximum Gasteiger partial charge on any atom is 0.223 e. The number of carbonyl (C=O) groups excluding carboxylic acids is 1. The van der Waals surface area contributed by atoms with E-state index in [2.05, 4.69) is 15.3 Å². The zero-order valence-corrected chi connectivity index (χ0v) is 16.7. The first kappa shape index (κ1) is 18.9. The summed E-state index contributed by atoms with van der Waals surface area (Å²) in [7, 11) is 3.78. The molecule has 1 N–H and O–H groups in total. The van der Waals surface area contributed by atoms with Gasteiger partial charge in [0.25, 0.3) is 0 Å². The summed E-state index contributed by atoms with van der Waals surface area (Å²) in [6.45, 7) is 6.05. The van der Waals surface area contributed by atoms with Gasteiger partial charge in [0.15, 0.2) is 0 Å². The molecule has 1 amide bonds. The van der Waals surface area contributed by atoms with Crippen molar-refractivity contribution < 1.29 is 4.79 Å². The first-order chi connectivity index (χ1) is 12.9. The van der Waals surface area contributed by atoms with Gasteiger partial charge in [-0.25, -0.2) is 0 Å². The molecule has 1 unspecified atom stereocenters. The minimum atomic E-state index is -0.0708. The highest BCUT2D eigenvalue weighted by Gasteiger charge is 2.20. The number of rotatable bonds is 6. The van der Waals surface area contributed by atoms with Crippen LogP contribution < -0.4 is 0 Å². The highest BCUT2D eigenvalue weighted by molar-refractivity contribution is 5.76. The van der Waals surface area contributed by atoms with Gasteiger partial charge in [-0.05, 0) is 38.8 Å². The number of hydrogen-bond acceptors (Lipinski definition) is 3. The molecule has 3 aromatic rings. The van der Waals surface area contributed by atoms with Crippen LogP contribution in [0.5, 0.6) is 0 Å². The van der Waals surface area contributed by atoms with Crippen molar-refractivity contribution in [3.8, 4) is 11.3 Å². The summed E-state index contributed by atoms with van der Waals surface area (Å²) in [6, 6.07) is 12.0. The average molecular weight is 365 g/mol. The van der Waals surface area contributed by atoms with Gasteiger partial charge < -0.3 is 4.90 Å². The Morgan fingerprint density at radius 3 is 2.59 bits per heavy atom. The molecule has 0 radical (unpaired) electrons. The number of aryl methyl sites for hydroxylation is 2. The maximum atomic E-state index is 12.7. The molecule has 0 aliphatic heterocycles. The summed E-state index contributed by atoms with van der Waals surface area (Å²) in [5.74, 6) is 0.112. The number of H-pyrrole nitrogens is 1. The molecule has 0 spiro atoms. The van der Waals surface area contributed by atoms with E-state index in [-0.39, 0.29) is 11.9 Å². The van der Waals surface area contributed by atoms with E-state index in [0.29, 0.717) is 12.8 Å². The Labute approximate surface area is 160 Å². The third kappa shape index (κ3) is 3.94. The molecule has 2 aromatic heterocycles. The lowest BCUT2D eigenvalue weighted by atomic mass is 10.1. The van der Waals surface area contributed by atoms with E-state index >= 15 is 0 Å². The Bertz CT molecular complexity index is 925. The average Bonchev–Trinajstić information content (AvgIpc) is 3.25.